The molecule has 1 fully saturated rings. The first-order valence-corrected chi connectivity index (χ1v) is 12.0. The van der Waals surface area contributed by atoms with Crippen molar-refractivity contribution in [2.45, 2.75) is 39.8 Å². The van der Waals surface area contributed by atoms with Crippen molar-refractivity contribution in [3.63, 3.8) is 0 Å². The lowest BCUT2D eigenvalue weighted by molar-refractivity contribution is 0.190. The van der Waals surface area contributed by atoms with Crippen LogP contribution in [0.1, 0.15) is 36.3 Å². The average Bonchev–Trinajstić information content (AvgIpc) is 3.16. The van der Waals surface area contributed by atoms with Crippen LogP contribution in [0.3, 0.4) is 0 Å². The second-order valence-electron chi connectivity index (χ2n) is 8.85. The number of piperazine rings is 1. The van der Waals surface area contributed by atoms with Gasteiger partial charge in [0.05, 0.1) is 17.9 Å². The van der Waals surface area contributed by atoms with Crippen molar-refractivity contribution in [2.75, 3.05) is 31.1 Å². The predicted octanol–water partition coefficient (Wildman–Crippen LogP) is 4.01. The van der Waals surface area contributed by atoms with Gasteiger partial charge in [0, 0.05) is 56.5 Å². The van der Waals surface area contributed by atoms with Crippen LogP contribution in [0.5, 0.6) is 0 Å². The highest BCUT2D eigenvalue weighted by atomic mass is 19.1. The van der Waals surface area contributed by atoms with Gasteiger partial charge in [-0.25, -0.2) is 27.9 Å². The van der Waals surface area contributed by atoms with Crippen molar-refractivity contribution in [3.05, 3.63) is 58.8 Å². The number of aryl methyl sites for hydroxylation is 2. The van der Waals surface area contributed by atoms with E-state index in [1.165, 1.54) is 0 Å². The van der Waals surface area contributed by atoms with Crippen molar-refractivity contribution in [1.82, 2.24) is 30.0 Å². The van der Waals surface area contributed by atoms with Gasteiger partial charge in [0.25, 0.3) is 0 Å². The molecule has 1 atom stereocenters. The van der Waals surface area contributed by atoms with Gasteiger partial charge >= 0.3 is 6.03 Å². The fourth-order valence-corrected chi connectivity index (χ4v) is 4.56. The molecule has 1 aliphatic heterocycles. The first-order chi connectivity index (χ1) is 17.7. The van der Waals surface area contributed by atoms with Crippen molar-refractivity contribution in [1.29, 1.82) is 5.41 Å². The summed E-state index contributed by atoms with van der Waals surface area (Å²) in [5, 5.41) is 14.6. The Balaban J connectivity index is 1.45. The summed E-state index contributed by atoms with van der Waals surface area (Å²) in [5.74, 6) is -1.68. The van der Waals surface area contributed by atoms with Crippen molar-refractivity contribution >= 4 is 18.2 Å². The Kier molecular flexibility index (Phi) is 7.74. The minimum atomic E-state index is -0.751. The zero-order chi connectivity index (χ0) is 26.7. The lowest BCUT2D eigenvalue weighted by atomic mass is 10.0. The molecule has 3 heterocycles. The minimum Gasteiger partial charge on any atom is -0.337 e. The van der Waals surface area contributed by atoms with Crippen LogP contribution in [0.4, 0.5) is 23.9 Å². The Bertz CT molecular complexity index is 1280. The van der Waals surface area contributed by atoms with E-state index in [2.05, 4.69) is 20.4 Å². The molecule has 2 N–H and O–H groups in total. The van der Waals surface area contributed by atoms with Gasteiger partial charge in [0.1, 0.15) is 17.3 Å². The molecule has 2 amide bonds. The fourth-order valence-electron chi connectivity index (χ4n) is 4.56. The van der Waals surface area contributed by atoms with E-state index < -0.39 is 29.5 Å². The number of amides is 2. The molecule has 12 heteroatoms. The van der Waals surface area contributed by atoms with Gasteiger partial charge in [-0.15, -0.1) is 0 Å². The molecular weight excluding hydrogens is 485 g/mol. The molecule has 37 heavy (non-hydrogen) atoms. The Morgan fingerprint density at radius 2 is 1.81 bits per heavy atom. The number of halogens is 3. The Hall–Kier alpha value is -3.96. The first kappa shape index (κ1) is 26.1. The Morgan fingerprint density at radius 3 is 2.41 bits per heavy atom. The maximum absolute atomic E-state index is 14.7. The zero-order valence-corrected chi connectivity index (χ0v) is 20.9. The van der Waals surface area contributed by atoms with E-state index >= 15 is 0 Å². The monoisotopic (exact) mass is 514 g/mol. The quantitative estimate of drug-likeness (QED) is 0.464. The van der Waals surface area contributed by atoms with Crippen LogP contribution in [0.25, 0.3) is 11.3 Å². The third kappa shape index (κ3) is 5.57. The summed E-state index contributed by atoms with van der Waals surface area (Å²) < 4.78 is 43.9. The Morgan fingerprint density at radius 1 is 1.14 bits per heavy atom. The summed E-state index contributed by atoms with van der Waals surface area (Å²) in [4.78, 5) is 25.0. The predicted molar refractivity (Wildman–Crippen MR) is 133 cm³/mol. The van der Waals surface area contributed by atoms with Crippen molar-refractivity contribution in [3.8, 4) is 11.3 Å². The Labute approximate surface area is 212 Å². The molecule has 3 aromatic rings. The van der Waals surface area contributed by atoms with Crippen LogP contribution in [0.15, 0.2) is 24.4 Å². The van der Waals surface area contributed by atoms with Gasteiger partial charge in [-0.3, -0.25) is 4.68 Å². The van der Waals surface area contributed by atoms with Crippen LogP contribution in [0.2, 0.25) is 0 Å². The summed E-state index contributed by atoms with van der Waals surface area (Å²) in [7, 11) is 0. The van der Waals surface area contributed by atoms with Crippen LogP contribution in [0, 0.1) is 36.7 Å². The summed E-state index contributed by atoms with van der Waals surface area (Å²) >= 11 is 0. The molecule has 2 aromatic heterocycles. The van der Waals surface area contributed by atoms with Crippen LogP contribution in [-0.2, 0) is 6.54 Å². The van der Waals surface area contributed by atoms with Crippen molar-refractivity contribution in [2.24, 2.45) is 0 Å². The van der Waals surface area contributed by atoms with Gasteiger partial charge in [-0.1, -0.05) is 0 Å². The highest BCUT2D eigenvalue weighted by Gasteiger charge is 2.26. The number of nitrogens with one attached hydrogen (secondary N) is 2. The number of rotatable bonds is 7. The average molecular weight is 515 g/mol. The largest absolute Gasteiger partial charge is 0.337 e. The molecule has 1 aromatic carbocycles. The molecule has 9 nitrogen and oxygen atoms in total. The molecular formula is C25H29F3N8O. The lowest BCUT2D eigenvalue weighted by Gasteiger charge is -2.35. The van der Waals surface area contributed by atoms with Gasteiger partial charge in [0.2, 0.25) is 5.95 Å². The zero-order valence-electron chi connectivity index (χ0n) is 20.9. The van der Waals surface area contributed by atoms with Gasteiger partial charge < -0.3 is 20.5 Å². The van der Waals surface area contributed by atoms with Crippen LogP contribution in [-0.4, -0.2) is 63.1 Å². The van der Waals surface area contributed by atoms with E-state index in [1.807, 2.05) is 25.7 Å². The third-order valence-electron chi connectivity index (χ3n) is 6.44. The number of hydrogen-bond acceptors (Lipinski definition) is 6. The number of benzene rings is 1. The number of urea groups is 1. The molecule has 1 aliphatic rings. The summed E-state index contributed by atoms with van der Waals surface area (Å²) in [6.07, 6.45) is 2.33. The molecule has 1 saturated heterocycles. The van der Waals surface area contributed by atoms with Crippen molar-refractivity contribution < 1.29 is 18.0 Å². The topological polar surface area (TPSA) is 103 Å². The molecule has 0 unspecified atom stereocenters. The normalized spacial score (nSPS) is 14.5. The van der Waals surface area contributed by atoms with Gasteiger partial charge in [-0.05, 0) is 44.7 Å². The number of aromatic nitrogens is 4. The third-order valence-corrected chi connectivity index (χ3v) is 6.44. The van der Waals surface area contributed by atoms with E-state index in [1.54, 1.807) is 9.58 Å². The van der Waals surface area contributed by atoms with Gasteiger partial charge in [-0.2, -0.15) is 5.10 Å². The van der Waals surface area contributed by atoms with Crippen LogP contribution < -0.4 is 10.2 Å². The highest BCUT2D eigenvalue weighted by Crippen LogP contribution is 2.29. The molecule has 196 valence electrons. The second-order valence-corrected chi connectivity index (χ2v) is 8.85. The summed E-state index contributed by atoms with van der Waals surface area (Å²) in [6.45, 7) is 7.81. The molecule has 4 rings (SSSR count). The highest BCUT2D eigenvalue weighted by molar-refractivity contribution is 5.75. The number of anilines is 1. The molecule has 0 spiro atoms. The lowest BCUT2D eigenvalue weighted by Crippen LogP contribution is -2.52. The van der Waals surface area contributed by atoms with Gasteiger partial charge in [0.15, 0.2) is 5.82 Å². The number of hydrogen-bond donors (Lipinski definition) is 2. The second kappa shape index (κ2) is 11.0. The first-order valence-electron chi connectivity index (χ1n) is 12.0. The van der Waals surface area contributed by atoms with E-state index in [-0.39, 0.29) is 17.7 Å². The van der Waals surface area contributed by atoms with Crippen LogP contribution >= 0.6 is 0 Å². The van der Waals surface area contributed by atoms with E-state index in [4.69, 9.17) is 5.41 Å². The smallest absolute Gasteiger partial charge is 0.318 e. The van der Waals surface area contributed by atoms with E-state index in [9.17, 15) is 18.0 Å². The fraction of sp³-hybridized carbons (Fsp3) is 0.400. The molecule has 0 radical (unpaired) electrons. The maximum atomic E-state index is 14.7. The molecule has 0 aliphatic carbocycles. The van der Waals surface area contributed by atoms with E-state index in [0.717, 1.165) is 36.3 Å². The number of nitrogens with zero attached hydrogens (tertiary/aromatic N) is 6. The standard InChI is InChI=1S/C25H29F3N8O/c1-4-36-16(3)22(15(2)33-36)23-20(28)14-30-24(32-23)34-7-9-35(10-8-34)25(37)31-21(5-6-29)17-11-18(26)13-19(27)12-17/h6,11-14,21,29H,4-5,7-10H2,1-3H3,(H,31,37)/t21-/m0/s1. The summed E-state index contributed by atoms with van der Waals surface area (Å²) in [5.41, 5.74) is 2.59. The molecule has 0 saturated carbocycles. The molecule has 0 bridgehead atoms. The maximum Gasteiger partial charge on any atom is 0.318 e. The number of carbonyl (C=O) groups is 1. The number of carbonyl (C=O) groups excluding carboxylic acids is 1. The minimum absolute atomic E-state index is 0.0915. The SMILES string of the molecule is CCn1nc(C)c(-c2nc(N3CCN(C(=O)N[C@@H](CC=N)c4cc(F)cc(F)c4)CC3)ncc2F)c1C. The van der Waals surface area contributed by atoms with E-state index in [0.29, 0.717) is 49.9 Å². The summed E-state index contributed by atoms with van der Waals surface area (Å²) in [6, 6.07) is 1.90.